The van der Waals surface area contributed by atoms with Gasteiger partial charge in [0.2, 0.25) is 0 Å². The minimum Gasteiger partial charge on any atom is -0.508 e. The summed E-state index contributed by atoms with van der Waals surface area (Å²) in [7, 11) is 0. The molecule has 0 saturated carbocycles. The van der Waals surface area contributed by atoms with Crippen molar-refractivity contribution in [1.29, 1.82) is 0 Å². The molecule has 0 spiro atoms. The number of nitrogens with zero attached hydrogens (tertiary/aromatic N) is 1. The molecule has 2 aromatic carbocycles. The number of aromatic hydroxyl groups is 2. The van der Waals surface area contributed by atoms with Crippen LogP contribution in [0.15, 0.2) is 36.4 Å². The van der Waals surface area contributed by atoms with Crippen molar-refractivity contribution in [1.82, 2.24) is 0 Å². The van der Waals surface area contributed by atoms with Gasteiger partial charge < -0.3 is 20.8 Å². The van der Waals surface area contributed by atoms with E-state index in [2.05, 4.69) is 0 Å². The quantitative estimate of drug-likeness (QED) is 0.690. The third-order valence-corrected chi connectivity index (χ3v) is 3.46. The van der Waals surface area contributed by atoms with Crippen molar-refractivity contribution >= 4 is 17.3 Å². The first-order valence-corrected chi connectivity index (χ1v) is 6.28. The molecule has 1 aliphatic rings. The molecule has 3 rings (SSSR count). The SMILES string of the molecule is Nc1ccc2c(c1)CCN2C(=O)c1ccc(O)cc1O. The van der Waals surface area contributed by atoms with Crippen LogP contribution in [0.25, 0.3) is 0 Å². The summed E-state index contributed by atoms with van der Waals surface area (Å²) >= 11 is 0. The summed E-state index contributed by atoms with van der Waals surface area (Å²) in [5.74, 6) is -0.585. The number of hydrogen-bond donors (Lipinski definition) is 3. The van der Waals surface area contributed by atoms with Gasteiger partial charge in [0, 0.05) is 24.0 Å². The zero-order valence-corrected chi connectivity index (χ0v) is 10.7. The molecule has 0 unspecified atom stereocenters. The van der Waals surface area contributed by atoms with Gasteiger partial charge in [-0.25, -0.2) is 0 Å². The highest BCUT2D eigenvalue weighted by Gasteiger charge is 2.27. The fourth-order valence-corrected chi connectivity index (χ4v) is 2.48. The lowest BCUT2D eigenvalue weighted by atomic mass is 10.1. The van der Waals surface area contributed by atoms with Crippen LogP contribution in [0, 0.1) is 0 Å². The lowest BCUT2D eigenvalue weighted by molar-refractivity contribution is 0.0987. The molecule has 4 N–H and O–H groups in total. The Labute approximate surface area is 115 Å². The van der Waals surface area contributed by atoms with Crippen LogP contribution in [0.1, 0.15) is 15.9 Å². The fourth-order valence-electron chi connectivity index (χ4n) is 2.48. The molecule has 0 radical (unpaired) electrons. The van der Waals surface area contributed by atoms with Crippen molar-refractivity contribution in [3.63, 3.8) is 0 Å². The van der Waals surface area contributed by atoms with E-state index in [1.165, 1.54) is 12.1 Å². The third-order valence-electron chi connectivity index (χ3n) is 3.46. The van der Waals surface area contributed by atoms with Gasteiger partial charge in [0.05, 0.1) is 5.56 Å². The smallest absolute Gasteiger partial charge is 0.262 e. The highest BCUT2D eigenvalue weighted by atomic mass is 16.3. The van der Waals surface area contributed by atoms with Gasteiger partial charge in [-0.3, -0.25) is 4.79 Å². The predicted molar refractivity (Wildman–Crippen MR) is 76.0 cm³/mol. The molecule has 0 aromatic heterocycles. The summed E-state index contributed by atoms with van der Waals surface area (Å²) in [6.07, 6.45) is 0.741. The number of nitrogen functional groups attached to an aromatic ring is 1. The second-order valence-corrected chi connectivity index (χ2v) is 4.80. The number of carbonyl (C=O) groups excluding carboxylic acids is 1. The zero-order chi connectivity index (χ0) is 14.3. The molecule has 102 valence electrons. The summed E-state index contributed by atoms with van der Waals surface area (Å²) < 4.78 is 0. The van der Waals surface area contributed by atoms with E-state index in [1.807, 2.05) is 12.1 Å². The van der Waals surface area contributed by atoms with Crippen molar-refractivity contribution in [3.8, 4) is 11.5 Å². The van der Waals surface area contributed by atoms with Crippen molar-refractivity contribution in [2.45, 2.75) is 6.42 Å². The van der Waals surface area contributed by atoms with E-state index < -0.39 is 0 Å². The molecule has 5 nitrogen and oxygen atoms in total. The molecule has 0 atom stereocenters. The van der Waals surface area contributed by atoms with E-state index in [0.717, 1.165) is 23.7 Å². The largest absolute Gasteiger partial charge is 0.508 e. The van der Waals surface area contributed by atoms with Gasteiger partial charge in [-0.05, 0) is 42.3 Å². The Morgan fingerprint density at radius 3 is 2.70 bits per heavy atom. The van der Waals surface area contributed by atoms with E-state index in [0.29, 0.717) is 12.2 Å². The van der Waals surface area contributed by atoms with Gasteiger partial charge in [0.15, 0.2) is 0 Å². The monoisotopic (exact) mass is 270 g/mol. The van der Waals surface area contributed by atoms with Crippen molar-refractivity contribution in [2.24, 2.45) is 0 Å². The molecule has 0 saturated heterocycles. The maximum absolute atomic E-state index is 12.5. The highest BCUT2D eigenvalue weighted by molar-refractivity contribution is 6.09. The highest BCUT2D eigenvalue weighted by Crippen LogP contribution is 2.32. The summed E-state index contributed by atoms with van der Waals surface area (Å²) in [6, 6.07) is 9.38. The maximum Gasteiger partial charge on any atom is 0.262 e. The van der Waals surface area contributed by atoms with Gasteiger partial charge >= 0.3 is 0 Å². The normalized spacial score (nSPS) is 13.3. The van der Waals surface area contributed by atoms with E-state index in [9.17, 15) is 15.0 Å². The predicted octanol–water partition coefficient (Wildman–Crippen LogP) is 1.88. The lowest BCUT2D eigenvalue weighted by Crippen LogP contribution is -2.28. The van der Waals surface area contributed by atoms with E-state index >= 15 is 0 Å². The summed E-state index contributed by atoms with van der Waals surface area (Å²) in [5, 5.41) is 19.1. The lowest BCUT2D eigenvalue weighted by Gasteiger charge is -2.18. The number of nitrogens with two attached hydrogens (primary N) is 1. The number of amides is 1. The summed E-state index contributed by atoms with van der Waals surface area (Å²) in [4.78, 5) is 14.1. The number of phenolic OH excluding ortho intramolecular Hbond substituents is 2. The Bertz CT molecular complexity index is 698. The van der Waals surface area contributed by atoms with E-state index in [1.54, 1.807) is 11.0 Å². The van der Waals surface area contributed by atoms with Crippen LogP contribution >= 0.6 is 0 Å². The molecular weight excluding hydrogens is 256 g/mol. The standard InChI is InChI=1S/C15H14N2O3/c16-10-1-4-13-9(7-10)5-6-17(13)15(20)12-3-2-11(18)8-14(12)19/h1-4,7-8,18-19H,5-6,16H2. The Morgan fingerprint density at radius 1 is 1.15 bits per heavy atom. The Balaban J connectivity index is 1.97. The number of anilines is 2. The van der Waals surface area contributed by atoms with Crippen molar-refractivity contribution in [2.75, 3.05) is 17.2 Å². The van der Waals surface area contributed by atoms with Gasteiger partial charge in [0.1, 0.15) is 11.5 Å². The van der Waals surface area contributed by atoms with Crippen LogP contribution in [-0.2, 0) is 6.42 Å². The molecule has 5 heteroatoms. The van der Waals surface area contributed by atoms with Crippen LogP contribution < -0.4 is 10.6 Å². The Kier molecular flexibility index (Phi) is 2.75. The first kappa shape index (κ1) is 12.3. The van der Waals surface area contributed by atoms with Crippen LogP contribution in [0.3, 0.4) is 0 Å². The Hall–Kier alpha value is -2.69. The second-order valence-electron chi connectivity index (χ2n) is 4.80. The molecule has 0 aliphatic carbocycles. The number of fused-ring (bicyclic) bond motifs is 1. The molecule has 2 aromatic rings. The van der Waals surface area contributed by atoms with Crippen LogP contribution in [0.5, 0.6) is 11.5 Å². The average molecular weight is 270 g/mol. The minimum absolute atomic E-state index is 0.0753. The van der Waals surface area contributed by atoms with Crippen molar-refractivity contribution in [3.05, 3.63) is 47.5 Å². The molecule has 0 fully saturated rings. The summed E-state index contributed by atoms with van der Waals surface area (Å²) in [6.45, 7) is 0.554. The minimum atomic E-state index is -0.286. The van der Waals surface area contributed by atoms with E-state index in [-0.39, 0.29) is 23.0 Å². The first-order valence-electron chi connectivity index (χ1n) is 6.28. The number of rotatable bonds is 1. The second kappa shape index (κ2) is 4.45. The molecule has 1 aliphatic heterocycles. The number of hydrogen-bond acceptors (Lipinski definition) is 4. The van der Waals surface area contributed by atoms with E-state index in [4.69, 9.17) is 5.73 Å². The van der Waals surface area contributed by atoms with Crippen molar-refractivity contribution < 1.29 is 15.0 Å². The molecule has 1 heterocycles. The molecule has 20 heavy (non-hydrogen) atoms. The Morgan fingerprint density at radius 2 is 1.95 bits per heavy atom. The maximum atomic E-state index is 12.5. The van der Waals surface area contributed by atoms with Gasteiger partial charge in [-0.15, -0.1) is 0 Å². The fraction of sp³-hybridized carbons (Fsp3) is 0.133. The van der Waals surface area contributed by atoms with Crippen LogP contribution in [0.4, 0.5) is 11.4 Å². The zero-order valence-electron chi connectivity index (χ0n) is 10.7. The third kappa shape index (κ3) is 1.93. The van der Waals surface area contributed by atoms with Crippen LogP contribution in [-0.4, -0.2) is 22.7 Å². The first-order chi connectivity index (χ1) is 9.56. The number of carbonyl (C=O) groups is 1. The average Bonchev–Trinajstić information content (AvgIpc) is 2.80. The molecule has 1 amide bonds. The van der Waals surface area contributed by atoms with Gasteiger partial charge in [-0.2, -0.15) is 0 Å². The molecule has 0 bridgehead atoms. The number of phenols is 2. The topological polar surface area (TPSA) is 86.8 Å². The number of benzene rings is 2. The van der Waals surface area contributed by atoms with Gasteiger partial charge in [-0.1, -0.05) is 0 Å². The summed E-state index contributed by atoms with van der Waals surface area (Å²) in [5.41, 5.74) is 8.42. The molecular formula is C15H14N2O3. The van der Waals surface area contributed by atoms with Gasteiger partial charge in [0.25, 0.3) is 5.91 Å². The van der Waals surface area contributed by atoms with Crippen LogP contribution in [0.2, 0.25) is 0 Å².